The van der Waals surface area contributed by atoms with Gasteiger partial charge in [0.1, 0.15) is 0 Å². The zero-order valence-corrected chi connectivity index (χ0v) is 10.8. The molecule has 0 amide bonds. The zero-order valence-electron chi connectivity index (χ0n) is 9.18. The van der Waals surface area contributed by atoms with Gasteiger partial charge in [-0.15, -0.1) is 0 Å². The van der Waals surface area contributed by atoms with E-state index >= 15 is 0 Å². The van der Waals surface area contributed by atoms with Crippen LogP contribution >= 0.6 is 15.9 Å². The van der Waals surface area contributed by atoms with E-state index in [0.29, 0.717) is 11.4 Å². The summed E-state index contributed by atoms with van der Waals surface area (Å²) in [6, 6.07) is 10.7. The number of ether oxygens (including phenoxy) is 1. The first-order valence-electron chi connectivity index (χ1n) is 5.06. The van der Waals surface area contributed by atoms with Crippen LogP contribution in [0.2, 0.25) is 0 Å². The van der Waals surface area contributed by atoms with Crippen molar-refractivity contribution in [2.24, 2.45) is 0 Å². The molecule has 0 aliphatic carbocycles. The van der Waals surface area contributed by atoms with Crippen molar-refractivity contribution in [2.45, 2.75) is 6.92 Å². The highest BCUT2D eigenvalue weighted by atomic mass is 79.9. The number of hydrogen-bond acceptors (Lipinski definition) is 3. The lowest BCUT2D eigenvalue weighted by Crippen LogP contribution is -2.10. The molecule has 0 aliphatic heterocycles. The Morgan fingerprint density at radius 2 is 2.00 bits per heavy atom. The molecular weight excluding hydrogens is 282 g/mol. The quantitative estimate of drug-likeness (QED) is 0.797. The Bertz CT molecular complexity index is 537. The van der Waals surface area contributed by atoms with Gasteiger partial charge < -0.3 is 4.74 Å². The summed E-state index contributed by atoms with van der Waals surface area (Å²) in [6.07, 6.45) is 1.58. The molecule has 2 aromatic rings. The number of rotatable bonds is 2. The first kappa shape index (κ1) is 11.8. The summed E-state index contributed by atoms with van der Waals surface area (Å²) < 4.78 is 6.01. The standard InChI is InChI=1S/C13H10BrNO2/c1-9-4-2-3-5-11(9)13(16)17-12-7-6-10(14)8-15-12/h2-8H,1H3. The molecule has 0 spiro atoms. The summed E-state index contributed by atoms with van der Waals surface area (Å²) >= 11 is 3.27. The fraction of sp³-hybridized carbons (Fsp3) is 0.0769. The fourth-order valence-electron chi connectivity index (χ4n) is 1.37. The number of carbonyl (C=O) groups is 1. The molecule has 3 nitrogen and oxygen atoms in total. The maximum absolute atomic E-state index is 11.8. The molecular formula is C13H10BrNO2. The van der Waals surface area contributed by atoms with Gasteiger partial charge in [-0.25, -0.2) is 9.78 Å². The highest BCUT2D eigenvalue weighted by molar-refractivity contribution is 9.10. The number of aromatic nitrogens is 1. The van der Waals surface area contributed by atoms with Gasteiger partial charge in [0.25, 0.3) is 0 Å². The normalized spacial score (nSPS) is 10.0. The summed E-state index contributed by atoms with van der Waals surface area (Å²) in [5, 5.41) is 0. The number of esters is 1. The van der Waals surface area contributed by atoms with Crippen molar-refractivity contribution in [3.8, 4) is 5.88 Å². The van der Waals surface area contributed by atoms with Crippen molar-refractivity contribution in [1.29, 1.82) is 0 Å². The third kappa shape index (κ3) is 2.91. The van der Waals surface area contributed by atoms with Crippen LogP contribution in [0.5, 0.6) is 5.88 Å². The Kier molecular flexibility index (Phi) is 3.54. The van der Waals surface area contributed by atoms with Crippen LogP contribution in [0.4, 0.5) is 0 Å². The second-order valence-electron chi connectivity index (χ2n) is 3.52. The Morgan fingerprint density at radius 1 is 1.24 bits per heavy atom. The van der Waals surface area contributed by atoms with E-state index in [-0.39, 0.29) is 0 Å². The predicted molar refractivity (Wildman–Crippen MR) is 68.1 cm³/mol. The van der Waals surface area contributed by atoms with Gasteiger partial charge in [-0.3, -0.25) is 0 Å². The molecule has 0 unspecified atom stereocenters. The molecule has 0 saturated heterocycles. The molecule has 0 N–H and O–H groups in total. The average molecular weight is 292 g/mol. The van der Waals surface area contributed by atoms with E-state index in [2.05, 4.69) is 20.9 Å². The van der Waals surface area contributed by atoms with E-state index in [9.17, 15) is 4.79 Å². The molecule has 0 radical (unpaired) electrons. The second kappa shape index (κ2) is 5.10. The van der Waals surface area contributed by atoms with Gasteiger partial charge >= 0.3 is 5.97 Å². The molecule has 0 fully saturated rings. The number of benzene rings is 1. The minimum absolute atomic E-state index is 0.293. The lowest BCUT2D eigenvalue weighted by molar-refractivity contribution is 0.0727. The van der Waals surface area contributed by atoms with E-state index in [0.717, 1.165) is 10.0 Å². The summed E-state index contributed by atoms with van der Waals surface area (Å²) in [5.41, 5.74) is 1.44. The second-order valence-corrected chi connectivity index (χ2v) is 4.43. The maximum atomic E-state index is 11.8. The molecule has 2 rings (SSSR count). The SMILES string of the molecule is Cc1ccccc1C(=O)Oc1ccc(Br)cn1. The average Bonchev–Trinajstić information content (AvgIpc) is 2.32. The lowest BCUT2D eigenvalue weighted by Gasteiger charge is -2.05. The van der Waals surface area contributed by atoms with Crippen LogP contribution in [-0.2, 0) is 0 Å². The van der Waals surface area contributed by atoms with E-state index in [1.165, 1.54) is 0 Å². The van der Waals surface area contributed by atoms with E-state index in [1.807, 2.05) is 19.1 Å². The number of nitrogens with zero attached hydrogens (tertiary/aromatic N) is 1. The first-order chi connectivity index (χ1) is 8.16. The van der Waals surface area contributed by atoms with Crippen molar-refractivity contribution >= 4 is 21.9 Å². The molecule has 1 heterocycles. The van der Waals surface area contributed by atoms with Gasteiger partial charge in [-0.2, -0.15) is 0 Å². The van der Waals surface area contributed by atoms with Gasteiger partial charge in [-0.05, 0) is 40.5 Å². The Labute approximate surface area is 108 Å². The third-order valence-corrected chi connectivity index (χ3v) is 2.73. The lowest BCUT2D eigenvalue weighted by atomic mass is 10.1. The highest BCUT2D eigenvalue weighted by Gasteiger charge is 2.11. The van der Waals surface area contributed by atoms with Crippen LogP contribution in [0.25, 0.3) is 0 Å². The molecule has 0 atom stereocenters. The highest BCUT2D eigenvalue weighted by Crippen LogP contribution is 2.15. The van der Waals surface area contributed by atoms with Crippen LogP contribution in [0.15, 0.2) is 47.1 Å². The molecule has 4 heteroatoms. The predicted octanol–water partition coefficient (Wildman–Crippen LogP) is 3.37. The summed E-state index contributed by atoms with van der Waals surface area (Å²) in [7, 11) is 0. The van der Waals surface area contributed by atoms with Crippen molar-refractivity contribution in [3.05, 3.63) is 58.2 Å². The summed E-state index contributed by atoms with van der Waals surface area (Å²) in [5.74, 6) is -0.0978. The Balaban J connectivity index is 2.17. The fourth-order valence-corrected chi connectivity index (χ4v) is 1.61. The van der Waals surface area contributed by atoms with Crippen molar-refractivity contribution in [1.82, 2.24) is 4.98 Å². The van der Waals surface area contributed by atoms with E-state index in [4.69, 9.17) is 4.74 Å². The van der Waals surface area contributed by atoms with Crippen LogP contribution in [0, 0.1) is 6.92 Å². The van der Waals surface area contributed by atoms with Crippen LogP contribution < -0.4 is 4.74 Å². The minimum atomic E-state index is -0.391. The van der Waals surface area contributed by atoms with Crippen LogP contribution in [0.1, 0.15) is 15.9 Å². The number of pyridine rings is 1. The van der Waals surface area contributed by atoms with Crippen LogP contribution in [0.3, 0.4) is 0 Å². The van der Waals surface area contributed by atoms with Gasteiger partial charge in [0.05, 0.1) is 5.56 Å². The van der Waals surface area contributed by atoms with Gasteiger partial charge in [0, 0.05) is 16.7 Å². The van der Waals surface area contributed by atoms with Gasteiger partial charge in [0.2, 0.25) is 5.88 Å². The molecule has 1 aromatic carbocycles. The van der Waals surface area contributed by atoms with Crippen molar-refractivity contribution in [2.75, 3.05) is 0 Å². The molecule has 17 heavy (non-hydrogen) atoms. The molecule has 0 saturated carbocycles. The van der Waals surface area contributed by atoms with Crippen LogP contribution in [-0.4, -0.2) is 11.0 Å². The topological polar surface area (TPSA) is 39.2 Å². The first-order valence-corrected chi connectivity index (χ1v) is 5.85. The summed E-state index contributed by atoms with van der Waals surface area (Å²) in [4.78, 5) is 15.8. The Morgan fingerprint density at radius 3 is 2.65 bits per heavy atom. The van der Waals surface area contributed by atoms with Crippen molar-refractivity contribution in [3.63, 3.8) is 0 Å². The minimum Gasteiger partial charge on any atom is -0.404 e. The number of aryl methyl sites for hydroxylation is 1. The number of carbonyl (C=O) groups excluding carboxylic acids is 1. The van der Waals surface area contributed by atoms with E-state index < -0.39 is 5.97 Å². The Hall–Kier alpha value is -1.68. The smallest absolute Gasteiger partial charge is 0.345 e. The monoisotopic (exact) mass is 291 g/mol. The molecule has 1 aromatic heterocycles. The number of hydrogen-bond donors (Lipinski definition) is 0. The molecule has 86 valence electrons. The molecule has 0 bridgehead atoms. The largest absolute Gasteiger partial charge is 0.404 e. The molecule has 0 aliphatic rings. The van der Waals surface area contributed by atoms with Gasteiger partial charge in [-0.1, -0.05) is 18.2 Å². The maximum Gasteiger partial charge on any atom is 0.345 e. The van der Waals surface area contributed by atoms with Crippen molar-refractivity contribution < 1.29 is 9.53 Å². The van der Waals surface area contributed by atoms with Gasteiger partial charge in [0.15, 0.2) is 0 Å². The zero-order chi connectivity index (χ0) is 12.3. The number of halogens is 1. The van der Waals surface area contributed by atoms with E-state index in [1.54, 1.807) is 30.5 Å². The summed E-state index contributed by atoms with van der Waals surface area (Å²) in [6.45, 7) is 1.87. The third-order valence-electron chi connectivity index (χ3n) is 2.26.